The molecule has 204 valence electrons. The van der Waals surface area contributed by atoms with Crippen LogP contribution >= 0.6 is 0 Å². The molecule has 6 rings (SSSR count). The van der Waals surface area contributed by atoms with E-state index in [1.54, 1.807) is 6.20 Å². The fourth-order valence-electron chi connectivity index (χ4n) is 4.92. The summed E-state index contributed by atoms with van der Waals surface area (Å²) in [5.41, 5.74) is -1.11. The van der Waals surface area contributed by atoms with Crippen LogP contribution in [-0.4, -0.2) is 43.5 Å². The fourth-order valence-corrected chi connectivity index (χ4v) is 4.92. The number of hydrogen-bond donors (Lipinski definition) is 0. The van der Waals surface area contributed by atoms with Gasteiger partial charge in [-0.05, 0) is 38.0 Å². The van der Waals surface area contributed by atoms with Gasteiger partial charge in [0.15, 0.2) is 0 Å². The van der Waals surface area contributed by atoms with Crippen molar-refractivity contribution >= 4 is 16.7 Å². The van der Waals surface area contributed by atoms with Crippen LogP contribution in [0.25, 0.3) is 22.2 Å². The highest BCUT2D eigenvalue weighted by Gasteiger charge is 2.37. The van der Waals surface area contributed by atoms with Crippen molar-refractivity contribution in [2.45, 2.75) is 44.2 Å². The van der Waals surface area contributed by atoms with Gasteiger partial charge in [-0.1, -0.05) is 0 Å². The van der Waals surface area contributed by atoms with Crippen LogP contribution in [0.4, 0.5) is 27.8 Å². The summed E-state index contributed by atoms with van der Waals surface area (Å²) in [5, 5.41) is 4.25. The Hall–Kier alpha value is -3.87. The first-order chi connectivity index (χ1) is 18.5. The molecule has 1 saturated heterocycles. The van der Waals surface area contributed by atoms with Crippen molar-refractivity contribution in [3.05, 3.63) is 70.0 Å². The highest BCUT2D eigenvalue weighted by Crippen LogP contribution is 2.37. The number of nitrogens with zero attached hydrogens (tertiary/aromatic N) is 6. The second-order valence-corrected chi connectivity index (χ2v) is 9.97. The molecule has 3 aromatic heterocycles. The predicted octanol–water partition coefficient (Wildman–Crippen LogP) is 4.79. The fraction of sp³-hybridized carbons (Fsp3) is 0.385. The number of pyridine rings is 1. The first kappa shape index (κ1) is 25.4. The molecule has 0 radical (unpaired) electrons. The van der Waals surface area contributed by atoms with Gasteiger partial charge in [0.2, 0.25) is 5.82 Å². The molecule has 1 saturated carbocycles. The smallest absolute Gasteiger partial charge is 0.367 e. The Morgan fingerprint density at radius 2 is 1.85 bits per heavy atom. The number of rotatable bonds is 4. The third-order valence-electron chi connectivity index (χ3n) is 6.99. The summed E-state index contributed by atoms with van der Waals surface area (Å²) < 4.78 is 78.1. The molecule has 39 heavy (non-hydrogen) atoms. The average molecular weight is 547 g/mol. The summed E-state index contributed by atoms with van der Waals surface area (Å²) in [6.45, 7) is 2.52. The first-order valence-corrected chi connectivity index (χ1v) is 12.4. The Kier molecular flexibility index (Phi) is 5.93. The van der Waals surface area contributed by atoms with Crippen molar-refractivity contribution in [2.24, 2.45) is 7.05 Å². The van der Waals surface area contributed by atoms with Gasteiger partial charge in [0.05, 0.1) is 30.3 Å². The molecule has 2 fully saturated rings. The monoisotopic (exact) mass is 546 g/mol. The molecule has 4 aromatic rings. The lowest BCUT2D eigenvalue weighted by Gasteiger charge is -2.37. The van der Waals surface area contributed by atoms with E-state index in [-0.39, 0.29) is 28.6 Å². The number of alkyl halides is 3. The minimum absolute atomic E-state index is 0.175. The second kappa shape index (κ2) is 9.11. The Morgan fingerprint density at radius 3 is 2.54 bits per heavy atom. The predicted molar refractivity (Wildman–Crippen MR) is 131 cm³/mol. The summed E-state index contributed by atoms with van der Waals surface area (Å²) in [7, 11) is 0.972. The lowest BCUT2D eigenvalue weighted by molar-refractivity contribution is -0.147. The number of aromatic nitrogens is 5. The zero-order valence-corrected chi connectivity index (χ0v) is 20.9. The molecule has 2 aliphatic rings. The van der Waals surface area contributed by atoms with Gasteiger partial charge in [-0.25, -0.2) is 18.7 Å². The van der Waals surface area contributed by atoms with E-state index in [9.17, 15) is 26.7 Å². The van der Waals surface area contributed by atoms with Gasteiger partial charge in [0.25, 0.3) is 5.56 Å². The lowest BCUT2D eigenvalue weighted by atomic mass is 10.1. The lowest BCUT2D eigenvalue weighted by Crippen LogP contribution is -2.43. The van der Waals surface area contributed by atoms with Crippen molar-refractivity contribution in [1.29, 1.82) is 0 Å². The Bertz CT molecular complexity index is 1640. The maximum Gasteiger partial charge on any atom is 0.449 e. The van der Waals surface area contributed by atoms with E-state index in [2.05, 4.69) is 15.1 Å². The van der Waals surface area contributed by atoms with Crippen molar-refractivity contribution < 1.29 is 26.7 Å². The molecule has 1 aliphatic heterocycles. The molecular weight excluding hydrogens is 523 g/mol. The molecule has 13 heteroatoms. The highest BCUT2D eigenvalue weighted by molar-refractivity contribution is 5.93. The maximum atomic E-state index is 14.9. The minimum atomic E-state index is -4.95. The number of ether oxygens (including phenoxy) is 1. The van der Waals surface area contributed by atoms with Crippen molar-refractivity contribution in [1.82, 2.24) is 24.3 Å². The van der Waals surface area contributed by atoms with E-state index in [4.69, 9.17) is 4.74 Å². The molecule has 1 aromatic carbocycles. The standard InChI is InChI=1S/C26H23F5N6O2/c1-13-10-36(12-20(39-13)14-9-32-37(11-14)16-4-5-16)21-8-18-23(34-25(26(29,30)31)35(2)24(18)38)22(33-21)17-6-3-15(27)7-19(17)28/h3,6-9,11,13,16,20H,4-5,10,12H2,1-2H3. The van der Waals surface area contributed by atoms with Crippen LogP contribution in [0.2, 0.25) is 0 Å². The first-order valence-electron chi connectivity index (χ1n) is 12.4. The largest absolute Gasteiger partial charge is 0.449 e. The van der Waals surface area contributed by atoms with Crippen LogP contribution in [0.3, 0.4) is 0 Å². The highest BCUT2D eigenvalue weighted by atomic mass is 19.4. The number of halogens is 5. The molecule has 2 unspecified atom stereocenters. The molecule has 0 spiro atoms. The van der Waals surface area contributed by atoms with Gasteiger partial charge in [0, 0.05) is 37.0 Å². The number of anilines is 1. The summed E-state index contributed by atoms with van der Waals surface area (Å²) in [5.74, 6) is -3.13. The molecular formula is C26H23F5N6O2. The quantitative estimate of drug-likeness (QED) is 0.343. The van der Waals surface area contributed by atoms with Crippen LogP contribution in [0.1, 0.15) is 43.3 Å². The van der Waals surface area contributed by atoms with E-state index in [0.29, 0.717) is 29.8 Å². The summed E-state index contributed by atoms with van der Waals surface area (Å²) in [6, 6.07) is 4.38. The zero-order valence-electron chi connectivity index (χ0n) is 20.9. The van der Waals surface area contributed by atoms with Gasteiger partial charge in [-0.2, -0.15) is 18.3 Å². The van der Waals surface area contributed by atoms with Gasteiger partial charge in [-0.3, -0.25) is 14.0 Å². The molecule has 2 atom stereocenters. The van der Waals surface area contributed by atoms with Gasteiger partial charge >= 0.3 is 6.18 Å². The Balaban J connectivity index is 1.50. The van der Waals surface area contributed by atoms with Gasteiger partial charge in [-0.15, -0.1) is 0 Å². The Labute approximate surface area is 218 Å². The van der Waals surface area contributed by atoms with Crippen molar-refractivity contribution in [2.75, 3.05) is 18.0 Å². The van der Waals surface area contributed by atoms with Gasteiger partial charge < -0.3 is 9.64 Å². The summed E-state index contributed by atoms with van der Waals surface area (Å²) in [4.78, 5) is 23.2. The molecule has 0 N–H and O–H groups in total. The van der Waals surface area contributed by atoms with Crippen LogP contribution in [0.15, 0.2) is 41.5 Å². The van der Waals surface area contributed by atoms with Crippen molar-refractivity contribution in [3.8, 4) is 11.3 Å². The number of benzene rings is 1. The number of morpholine rings is 1. The van der Waals surface area contributed by atoms with Crippen LogP contribution in [0.5, 0.6) is 0 Å². The SMILES string of the molecule is CC1CN(c2cc3c(=O)n(C)c(C(F)(F)F)nc3c(-c3ccc(F)cc3F)n2)CC(c2cnn(C3CC3)c2)O1. The van der Waals surface area contributed by atoms with Gasteiger partial charge in [0.1, 0.15) is 34.8 Å². The Morgan fingerprint density at radius 1 is 1.08 bits per heavy atom. The maximum absolute atomic E-state index is 14.9. The topological polar surface area (TPSA) is 78.1 Å². The normalized spacial score (nSPS) is 20.1. The second-order valence-electron chi connectivity index (χ2n) is 9.97. The molecule has 4 heterocycles. The molecule has 0 amide bonds. The third kappa shape index (κ3) is 4.64. The summed E-state index contributed by atoms with van der Waals surface area (Å²) in [6.07, 6.45) is 0.199. The van der Waals surface area contributed by atoms with E-state index in [1.807, 2.05) is 22.7 Å². The summed E-state index contributed by atoms with van der Waals surface area (Å²) >= 11 is 0. The minimum Gasteiger partial charge on any atom is -0.367 e. The van der Waals surface area contributed by atoms with Crippen LogP contribution in [-0.2, 0) is 18.0 Å². The molecule has 0 bridgehead atoms. The van der Waals surface area contributed by atoms with Crippen LogP contribution in [0, 0.1) is 11.6 Å². The van der Waals surface area contributed by atoms with E-state index >= 15 is 0 Å². The average Bonchev–Trinajstić information content (AvgIpc) is 3.61. The number of fused-ring (bicyclic) bond motifs is 1. The number of hydrogen-bond acceptors (Lipinski definition) is 6. The van der Waals surface area contributed by atoms with E-state index < -0.39 is 40.8 Å². The third-order valence-corrected chi connectivity index (χ3v) is 6.99. The van der Waals surface area contributed by atoms with E-state index in [0.717, 1.165) is 37.6 Å². The van der Waals surface area contributed by atoms with Crippen LogP contribution < -0.4 is 10.5 Å². The van der Waals surface area contributed by atoms with Crippen molar-refractivity contribution in [3.63, 3.8) is 0 Å². The molecule has 8 nitrogen and oxygen atoms in total. The van der Waals surface area contributed by atoms with E-state index in [1.165, 1.54) is 6.07 Å². The molecule has 1 aliphatic carbocycles. The zero-order chi connectivity index (χ0) is 27.6.